The molecule has 2 N–H and O–H groups in total. The minimum absolute atomic E-state index is 0.0365. The van der Waals surface area contributed by atoms with E-state index in [0.29, 0.717) is 18.9 Å². The van der Waals surface area contributed by atoms with Crippen molar-refractivity contribution in [3.05, 3.63) is 0 Å². The van der Waals surface area contributed by atoms with Gasteiger partial charge in [-0.15, -0.1) is 0 Å². The molecular weight excluding hydrogens is 256 g/mol. The van der Waals surface area contributed by atoms with Crippen LogP contribution in [-0.2, 0) is 4.79 Å². The lowest BCUT2D eigenvalue weighted by Gasteiger charge is -2.35. The number of aliphatic carboxylic acids is 1. The molecule has 1 saturated heterocycles. The Hall–Kier alpha value is -1.26. The van der Waals surface area contributed by atoms with Crippen LogP contribution in [0.25, 0.3) is 0 Å². The van der Waals surface area contributed by atoms with Crippen molar-refractivity contribution in [1.82, 2.24) is 10.2 Å². The summed E-state index contributed by atoms with van der Waals surface area (Å²) >= 11 is 0. The number of carboxylic acids is 1. The van der Waals surface area contributed by atoms with E-state index in [-0.39, 0.29) is 18.0 Å². The molecule has 1 saturated carbocycles. The van der Waals surface area contributed by atoms with Crippen LogP contribution in [0.5, 0.6) is 0 Å². The first-order valence-corrected chi connectivity index (χ1v) is 7.77. The van der Waals surface area contributed by atoms with Gasteiger partial charge in [0.15, 0.2) is 0 Å². The van der Waals surface area contributed by atoms with Gasteiger partial charge >= 0.3 is 12.0 Å². The van der Waals surface area contributed by atoms with E-state index < -0.39 is 5.97 Å². The van der Waals surface area contributed by atoms with Crippen LogP contribution in [0.2, 0.25) is 0 Å². The van der Waals surface area contributed by atoms with Gasteiger partial charge in [0.25, 0.3) is 0 Å². The van der Waals surface area contributed by atoms with Crippen molar-refractivity contribution >= 4 is 12.0 Å². The molecule has 2 fully saturated rings. The Morgan fingerprint density at radius 2 is 2.00 bits per heavy atom. The molecule has 114 valence electrons. The zero-order valence-corrected chi connectivity index (χ0v) is 12.4. The van der Waals surface area contributed by atoms with E-state index in [2.05, 4.69) is 12.2 Å². The molecular formula is C15H26N2O3. The van der Waals surface area contributed by atoms with Crippen LogP contribution in [-0.4, -0.2) is 40.6 Å². The minimum atomic E-state index is -0.745. The number of hydrogen-bond acceptors (Lipinski definition) is 2. The summed E-state index contributed by atoms with van der Waals surface area (Å²) in [6.45, 7) is 3.63. The molecule has 5 nitrogen and oxygen atoms in total. The van der Waals surface area contributed by atoms with Gasteiger partial charge in [-0.1, -0.05) is 12.8 Å². The second kappa shape index (κ2) is 6.46. The molecule has 1 aliphatic carbocycles. The summed E-state index contributed by atoms with van der Waals surface area (Å²) in [6.07, 6.45) is 7.41. The monoisotopic (exact) mass is 282 g/mol. The lowest BCUT2D eigenvalue weighted by atomic mass is 9.93. The van der Waals surface area contributed by atoms with E-state index in [1.54, 1.807) is 0 Å². The molecule has 20 heavy (non-hydrogen) atoms. The third-order valence-electron chi connectivity index (χ3n) is 4.69. The van der Waals surface area contributed by atoms with Crippen LogP contribution in [0.1, 0.15) is 58.3 Å². The fraction of sp³-hybridized carbons (Fsp3) is 0.867. The first-order valence-electron chi connectivity index (χ1n) is 7.77. The smallest absolute Gasteiger partial charge is 0.317 e. The van der Waals surface area contributed by atoms with Crippen LogP contribution >= 0.6 is 0 Å². The molecule has 5 heteroatoms. The van der Waals surface area contributed by atoms with Crippen molar-refractivity contribution in [3.8, 4) is 0 Å². The van der Waals surface area contributed by atoms with Gasteiger partial charge < -0.3 is 15.3 Å². The molecule has 2 amide bonds. The fourth-order valence-electron chi connectivity index (χ4n) is 3.43. The molecule has 0 aromatic heterocycles. The maximum absolute atomic E-state index is 12.3. The number of nitrogens with zero attached hydrogens (tertiary/aromatic N) is 1. The highest BCUT2D eigenvalue weighted by molar-refractivity contribution is 5.75. The summed E-state index contributed by atoms with van der Waals surface area (Å²) in [7, 11) is 0. The lowest BCUT2D eigenvalue weighted by Crippen LogP contribution is -2.52. The van der Waals surface area contributed by atoms with Gasteiger partial charge in [0.1, 0.15) is 0 Å². The van der Waals surface area contributed by atoms with E-state index in [4.69, 9.17) is 5.11 Å². The van der Waals surface area contributed by atoms with Gasteiger partial charge in [-0.05, 0) is 44.9 Å². The SMILES string of the molecule is CC1(NC(=O)N2CCCC(CCC(=O)O)C2)CCCC1. The number of nitrogens with one attached hydrogen (secondary N) is 1. The van der Waals surface area contributed by atoms with Gasteiger partial charge in [0.05, 0.1) is 0 Å². The molecule has 1 atom stereocenters. The molecule has 1 aliphatic heterocycles. The predicted octanol–water partition coefficient (Wildman–Crippen LogP) is 2.61. The van der Waals surface area contributed by atoms with E-state index >= 15 is 0 Å². The Morgan fingerprint density at radius 3 is 2.65 bits per heavy atom. The van der Waals surface area contributed by atoms with Gasteiger partial charge in [-0.2, -0.15) is 0 Å². The highest BCUT2D eigenvalue weighted by Crippen LogP contribution is 2.29. The van der Waals surface area contributed by atoms with Crippen molar-refractivity contribution in [2.45, 2.75) is 63.8 Å². The third-order valence-corrected chi connectivity index (χ3v) is 4.69. The van der Waals surface area contributed by atoms with Crippen LogP contribution in [0, 0.1) is 5.92 Å². The van der Waals surface area contributed by atoms with Gasteiger partial charge in [0.2, 0.25) is 0 Å². The average Bonchev–Trinajstić information content (AvgIpc) is 2.83. The molecule has 0 spiro atoms. The highest BCUT2D eigenvalue weighted by Gasteiger charge is 2.33. The molecule has 0 bridgehead atoms. The van der Waals surface area contributed by atoms with Gasteiger partial charge in [0, 0.05) is 25.0 Å². The van der Waals surface area contributed by atoms with Crippen molar-refractivity contribution in [2.24, 2.45) is 5.92 Å². The van der Waals surface area contributed by atoms with Crippen LogP contribution in [0.15, 0.2) is 0 Å². The van der Waals surface area contributed by atoms with Crippen molar-refractivity contribution in [3.63, 3.8) is 0 Å². The Labute approximate surface area is 120 Å². The molecule has 0 aromatic carbocycles. The summed E-state index contributed by atoms with van der Waals surface area (Å²) in [5, 5.41) is 11.9. The second-order valence-electron chi connectivity index (χ2n) is 6.58. The number of carbonyl (C=O) groups is 2. The van der Waals surface area contributed by atoms with Crippen molar-refractivity contribution in [2.75, 3.05) is 13.1 Å². The van der Waals surface area contributed by atoms with Crippen molar-refractivity contribution in [1.29, 1.82) is 0 Å². The standard InChI is InChI=1S/C15H26N2O3/c1-15(8-2-3-9-15)16-14(20)17-10-4-5-12(11-17)6-7-13(18)19/h12H,2-11H2,1H3,(H,16,20)(H,18,19). The van der Waals surface area contributed by atoms with Gasteiger partial charge in [-0.25, -0.2) is 4.79 Å². The molecule has 1 unspecified atom stereocenters. The molecule has 0 aromatic rings. The maximum Gasteiger partial charge on any atom is 0.317 e. The second-order valence-corrected chi connectivity index (χ2v) is 6.58. The van der Waals surface area contributed by atoms with E-state index in [0.717, 1.165) is 32.2 Å². The number of piperidine rings is 1. The molecule has 0 radical (unpaired) electrons. The summed E-state index contributed by atoms with van der Waals surface area (Å²) < 4.78 is 0. The Morgan fingerprint density at radius 1 is 1.30 bits per heavy atom. The first kappa shape index (κ1) is 15.1. The zero-order chi connectivity index (χ0) is 14.6. The van der Waals surface area contributed by atoms with Gasteiger partial charge in [-0.3, -0.25) is 4.79 Å². The number of likely N-dealkylation sites (tertiary alicyclic amines) is 1. The fourth-order valence-corrected chi connectivity index (χ4v) is 3.43. The first-order chi connectivity index (χ1) is 9.48. The van der Waals surface area contributed by atoms with Crippen LogP contribution in [0.4, 0.5) is 4.79 Å². The van der Waals surface area contributed by atoms with Crippen LogP contribution in [0.3, 0.4) is 0 Å². The predicted molar refractivity (Wildman–Crippen MR) is 76.6 cm³/mol. The Balaban J connectivity index is 1.81. The Kier molecular flexibility index (Phi) is 4.89. The number of amides is 2. The maximum atomic E-state index is 12.3. The third kappa shape index (κ3) is 4.12. The number of urea groups is 1. The molecule has 1 heterocycles. The van der Waals surface area contributed by atoms with E-state index in [9.17, 15) is 9.59 Å². The number of rotatable bonds is 4. The normalized spacial score (nSPS) is 25.4. The zero-order valence-electron chi connectivity index (χ0n) is 12.4. The molecule has 2 aliphatic rings. The van der Waals surface area contributed by atoms with E-state index in [1.807, 2.05) is 4.90 Å². The quantitative estimate of drug-likeness (QED) is 0.832. The minimum Gasteiger partial charge on any atom is -0.481 e. The summed E-state index contributed by atoms with van der Waals surface area (Å²) in [6, 6.07) is 0.0365. The largest absolute Gasteiger partial charge is 0.481 e. The summed E-state index contributed by atoms with van der Waals surface area (Å²) in [4.78, 5) is 24.9. The summed E-state index contributed by atoms with van der Waals surface area (Å²) in [5.74, 6) is -0.410. The topological polar surface area (TPSA) is 69.6 Å². The average molecular weight is 282 g/mol. The lowest BCUT2D eigenvalue weighted by molar-refractivity contribution is -0.137. The Bertz CT molecular complexity index is 364. The number of hydrogen-bond donors (Lipinski definition) is 2. The van der Waals surface area contributed by atoms with Crippen molar-refractivity contribution < 1.29 is 14.7 Å². The summed E-state index contributed by atoms with van der Waals surface area (Å²) in [5.41, 5.74) is -0.0366. The number of carbonyl (C=O) groups excluding carboxylic acids is 1. The van der Waals surface area contributed by atoms with E-state index in [1.165, 1.54) is 12.8 Å². The van der Waals surface area contributed by atoms with Crippen LogP contribution < -0.4 is 5.32 Å². The highest BCUT2D eigenvalue weighted by atomic mass is 16.4. The molecule has 2 rings (SSSR count). The number of carboxylic acid groups (broad SMARTS) is 1.